The van der Waals surface area contributed by atoms with Crippen molar-refractivity contribution in [2.24, 2.45) is 0 Å². The molecule has 20 heavy (non-hydrogen) atoms. The van der Waals surface area contributed by atoms with Crippen molar-refractivity contribution in [2.45, 2.75) is 13.0 Å². The highest BCUT2D eigenvalue weighted by atomic mass is 79.9. The van der Waals surface area contributed by atoms with Crippen molar-refractivity contribution < 1.29 is 9.18 Å². The molecule has 1 unspecified atom stereocenters. The third-order valence-electron chi connectivity index (χ3n) is 2.88. The third kappa shape index (κ3) is 3.58. The van der Waals surface area contributed by atoms with Crippen LogP contribution >= 0.6 is 27.5 Å². The molecule has 2 aromatic rings. The van der Waals surface area contributed by atoms with Crippen LogP contribution in [0.2, 0.25) is 5.02 Å². The molecule has 2 rings (SSSR count). The van der Waals surface area contributed by atoms with E-state index in [0.717, 1.165) is 10.0 Å². The summed E-state index contributed by atoms with van der Waals surface area (Å²) in [5, 5.41) is 2.78. The molecule has 0 bridgehead atoms. The Bertz CT molecular complexity index is 648. The maximum atomic E-state index is 13.1. The molecular weight excluding hydrogens is 345 g/mol. The van der Waals surface area contributed by atoms with Gasteiger partial charge in [-0.2, -0.15) is 0 Å². The van der Waals surface area contributed by atoms with Crippen LogP contribution in [0.4, 0.5) is 4.39 Å². The summed E-state index contributed by atoms with van der Waals surface area (Å²) < 4.78 is 14.0. The average Bonchev–Trinajstić information content (AvgIpc) is 2.41. The van der Waals surface area contributed by atoms with Gasteiger partial charge in [-0.1, -0.05) is 39.7 Å². The lowest BCUT2D eigenvalue weighted by Crippen LogP contribution is -2.26. The fourth-order valence-electron chi connectivity index (χ4n) is 1.78. The van der Waals surface area contributed by atoms with Gasteiger partial charge < -0.3 is 5.32 Å². The predicted octanol–water partition coefficient (Wildman–Crippen LogP) is 4.73. The van der Waals surface area contributed by atoms with Gasteiger partial charge in [0.15, 0.2) is 0 Å². The summed E-state index contributed by atoms with van der Waals surface area (Å²) >= 11 is 9.06. The minimum absolute atomic E-state index is 0.0623. The summed E-state index contributed by atoms with van der Waals surface area (Å²) in [5.41, 5.74) is 1.30. The fourth-order valence-corrected chi connectivity index (χ4v) is 2.37. The van der Waals surface area contributed by atoms with Crippen LogP contribution in [0, 0.1) is 5.82 Å². The maximum Gasteiger partial charge on any atom is 0.251 e. The molecule has 0 heterocycles. The van der Waals surface area contributed by atoms with Gasteiger partial charge in [-0.25, -0.2) is 4.39 Å². The summed E-state index contributed by atoms with van der Waals surface area (Å²) in [7, 11) is 0. The molecule has 1 atom stereocenters. The Labute approximate surface area is 130 Å². The van der Waals surface area contributed by atoms with E-state index in [9.17, 15) is 9.18 Å². The normalized spacial score (nSPS) is 12.0. The van der Waals surface area contributed by atoms with Crippen molar-refractivity contribution in [1.29, 1.82) is 0 Å². The SMILES string of the molecule is CC(NC(=O)c1ccc(F)c(Cl)c1)c1cccc(Br)c1. The van der Waals surface area contributed by atoms with Gasteiger partial charge in [0.2, 0.25) is 0 Å². The molecule has 0 aliphatic rings. The molecule has 0 spiro atoms. The number of benzene rings is 2. The summed E-state index contributed by atoms with van der Waals surface area (Å²) in [4.78, 5) is 12.1. The molecule has 0 aliphatic carbocycles. The van der Waals surface area contributed by atoms with Gasteiger partial charge in [-0.05, 0) is 42.8 Å². The molecule has 0 saturated heterocycles. The number of nitrogens with one attached hydrogen (secondary N) is 1. The highest BCUT2D eigenvalue weighted by molar-refractivity contribution is 9.10. The zero-order valence-electron chi connectivity index (χ0n) is 10.7. The molecule has 1 N–H and O–H groups in total. The van der Waals surface area contributed by atoms with Crippen molar-refractivity contribution in [3.8, 4) is 0 Å². The number of carbonyl (C=O) groups is 1. The van der Waals surface area contributed by atoms with Crippen LogP contribution in [0.5, 0.6) is 0 Å². The number of halogens is 3. The first-order valence-corrected chi connectivity index (χ1v) is 7.16. The molecule has 0 fully saturated rings. The lowest BCUT2D eigenvalue weighted by molar-refractivity contribution is 0.0940. The summed E-state index contributed by atoms with van der Waals surface area (Å²) in [6.07, 6.45) is 0. The largest absolute Gasteiger partial charge is 0.346 e. The molecule has 0 saturated carbocycles. The summed E-state index contributed by atoms with van der Waals surface area (Å²) in [5.74, 6) is -0.831. The van der Waals surface area contributed by atoms with E-state index in [-0.39, 0.29) is 17.0 Å². The first-order valence-electron chi connectivity index (χ1n) is 5.99. The second-order valence-electron chi connectivity index (χ2n) is 4.38. The maximum absolute atomic E-state index is 13.1. The Hall–Kier alpha value is -1.39. The standard InChI is InChI=1S/C15H12BrClFNO/c1-9(10-3-2-4-12(16)7-10)19-15(20)11-5-6-14(18)13(17)8-11/h2-9H,1H3,(H,19,20). The van der Waals surface area contributed by atoms with Gasteiger partial charge in [-0.3, -0.25) is 4.79 Å². The number of amides is 1. The van der Waals surface area contributed by atoms with Gasteiger partial charge in [0.25, 0.3) is 5.91 Å². The highest BCUT2D eigenvalue weighted by Crippen LogP contribution is 2.20. The van der Waals surface area contributed by atoms with E-state index < -0.39 is 5.82 Å². The van der Waals surface area contributed by atoms with E-state index in [0.29, 0.717) is 5.56 Å². The molecule has 5 heteroatoms. The van der Waals surface area contributed by atoms with E-state index in [2.05, 4.69) is 21.2 Å². The van der Waals surface area contributed by atoms with Crippen LogP contribution in [0.3, 0.4) is 0 Å². The van der Waals surface area contributed by atoms with Crippen LogP contribution < -0.4 is 5.32 Å². The molecule has 104 valence electrons. The van der Waals surface area contributed by atoms with Gasteiger partial charge in [0, 0.05) is 10.0 Å². The lowest BCUT2D eigenvalue weighted by Gasteiger charge is -2.15. The monoisotopic (exact) mass is 355 g/mol. The third-order valence-corrected chi connectivity index (χ3v) is 3.66. The summed E-state index contributed by atoms with van der Waals surface area (Å²) in [6, 6.07) is 11.4. The first kappa shape index (κ1) is 15.0. The molecular formula is C15H12BrClFNO. The number of hydrogen-bond acceptors (Lipinski definition) is 1. The second-order valence-corrected chi connectivity index (χ2v) is 5.70. The van der Waals surface area contributed by atoms with Crippen LogP contribution in [-0.4, -0.2) is 5.91 Å². The van der Waals surface area contributed by atoms with E-state index in [1.165, 1.54) is 18.2 Å². The molecule has 2 nitrogen and oxygen atoms in total. The van der Waals surface area contributed by atoms with Crippen molar-refractivity contribution in [1.82, 2.24) is 5.32 Å². The summed E-state index contributed by atoms with van der Waals surface area (Å²) in [6.45, 7) is 1.88. The molecule has 2 aromatic carbocycles. The highest BCUT2D eigenvalue weighted by Gasteiger charge is 2.13. The average molecular weight is 357 g/mol. The Morgan fingerprint density at radius 3 is 2.70 bits per heavy atom. The van der Waals surface area contributed by atoms with E-state index in [1.807, 2.05) is 31.2 Å². The Morgan fingerprint density at radius 1 is 1.30 bits per heavy atom. The lowest BCUT2D eigenvalue weighted by atomic mass is 10.1. The van der Waals surface area contributed by atoms with Gasteiger partial charge in [0.05, 0.1) is 11.1 Å². The van der Waals surface area contributed by atoms with E-state index in [4.69, 9.17) is 11.6 Å². The first-order chi connectivity index (χ1) is 9.47. The van der Waals surface area contributed by atoms with Crippen molar-refractivity contribution in [2.75, 3.05) is 0 Å². The van der Waals surface area contributed by atoms with Gasteiger partial charge in [0.1, 0.15) is 5.82 Å². The Morgan fingerprint density at radius 2 is 2.05 bits per heavy atom. The number of rotatable bonds is 3. The Balaban J connectivity index is 2.13. The van der Waals surface area contributed by atoms with Gasteiger partial charge >= 0.3 is 0 Å². The van der Waals surface area contributed by atoms with E-state index >= 15 is 0 Å². The second kappa shape index (κ2) is 6.37. The van der Waals surface area contributed by atoms with Crippen LogP contribution in [0.25, 0.3) is 0 Å². The smallest absolute Gasteiger partial charge is 0.251 e. The Kier molecular flexibility index (Phi) is 4.78. The topological polar surface area (TPSA) is 29.1 Å². The zero-order valence-corrected chi connectivity index (χ0v) is 13.0. The van der Waals surface area contributed by atoms with Crippen LogP contribution in [-0.2, 0) is 0 Å². The van der Waals surface area contributed by atoms with Crippen LogP contribution in [0.15, 0.2) is 46.9 Å². The number of hydrogen-bond donors (Lipinski definition) is 1. The minimum atomic E-state index is -0.539. The van der Waals surface area contributed by atoms with Crippen molar-refractivity contribution >= 4 is 33.4 Å². The predicted molar refractivity (Wildman–Crippen MR) is 81.4 cm³/mol. The quantitative estimate of drug-likeness (QED) is 0.846. The van der Waals surface area contributed by atoms with Crippen LogP contribution in [0.1, 0.15) is 28.9 Å². The molecule has 1 amide bonds. The van der Waals surface area contributed by atoms with Crippen molar-refractivity contribution in [3.63, 3.8) is 0 Å². The molecule has 0 aliphatic heterocycles. The van der Waals surface area contributed by atoms with E-state index in [1.54, 1.807) is 0 Å². The number of carbonyl (C=O) groups excluding carboxylic acids is 1. The van der Waals surface area contributed by atoms with Crippen molar-refractivity contribution in [3.05, 3.63) is 68.9 Å². The van der Waals surface area contributed by atoms with Gasteiger partial charge in [-0.15, -0.1) is 0 Å². The zero-order chi connectivity index (χ0) is 14.7. The molecule has 0 aromatic heterocycles. The fraction of sp³-hybridized carbons (Fsp3) is 0.133. The minimum Gasteiger partial charge on any atom is -0.346 e. The molecule has 0 radical (unpaired) electrons.